The molecule has 170 valence electrons. The van der Waals surface area contributed by atoms with Crippen molar-refractivity contribution >= 4 is 41.7 Å². The van der Waals surface area contributed by atoms with Crippen molar-refractivity contribution in [1.29, 1.82) is 0 Å². The van der Waals surface area contributed by atoms with E-state index in [1.807, 2.05) is 0 Å². The van der Waals surface area contributed by atoms with Gasteiger partial charge in [0, 0.05) is 38.2 Å². The van der Waals surface area contributed by atoms with Crippen LogP contribution in [0.3, 0.4) is 0 Å². The molecule has 0 bridgehead atoms. The third kappa shape index (κ3) is 8.63. The molecule has 0 aromatic heterocycles. The highest BCUT2D eigenvalue weighted by atomic mass is 127. The van der Waals surface area contributed by atoms with Crippen LogP contribution in [-0.2, 0) is 29.2 Å². The molecule has 1 heterocycles. The highest BCUT2D eigenvalue weighted by molar-refractivity contribution is 14.0. The highest BCUT2D eigenvalue weighted by Gasteiger charge is 2.13. The second-order valence-electron chi connectivity index (χ2n) is 7.53. The lowest BCUT2D eigenvalue weighted by Crippen LogP contribution is -2.36. The van der Waals surface area contributed by atoms with E-state index in [1.165, 1.54) is 27.1 Å². The van der Waals surface area contributed by atoms with E-state index >= 15 is 0 Å². The number of ether oxygens (including phenoxy) is 2. The molecular weight excluding hydrogens is 521 g/mol. The number of benzene rings is 2. The summed E-state index contributed by atoms with van der Waals surface area (Å²) in [4.78, 5) is 5.65. The molecule has 5 nitrogen and oxygen atoms in total. The predicted molar refractivity (Wildman–Crippen MR) is 140 cm³/mol. The molecular formula is C24H34IN3O2S. The van der Waals surface area contributed by atoms with Crippen molar-refractivity contribution in [3.8, 4) is 0 Å². The molecule has 31 heavy (non-hydrogen) atoms. The Labute approximate surface area is 207 Å². The topological polar surface area (TPSA) is 54.9 Å². The monoisotopic (exact) mass is 555 g/mol. The Kier molecular flexibility index (Phi) is 11.7. The van der Waals surface area contributed by atoms with Crippen LogP contribution < -0.4 is 10.6 Å². The van der Waals surface area contributed by atoms with Crippen molar-refractivity contribution in [2.24, 2.45) is 4.99 Å². The minimum atomic E-state index is 0. The first-order valence-electron chi connectivity index (χ1n) is 10.5. The van der Waals surface area contributed by atoms with E-state index in [4.69, 9.17) is 9.47 Å². The van der Waals surface area contributed by atoms with Gasteiger partial charge in [0.25, 0.3) is 0 Å². The van der Waals surface area contributed by atoms with E-state index in [0.29, 0.717) is 12.7 Å². The van der Waals surface area contributed by atoms with Crippen LogP contribution in [0.25, 0.3) is 0 Å². The molecule has 2 N–H and O–H groups in total. The van der Waals surface area contributed by atoms with Gasteiger partial charge in [-0.1, -0.05) is 36.4 Å². The molecule has 2 aromatic carbocycles. The number of guanidine groups is 1. The van der Waals surface area contributed by atoms with E-state index in [1.54, 1.807) is 18.8 Å². The fraction of sp³-hybridized carbons (Fsp3) is 0.458. The van der Waals surface area contributed by atoms with Crippen molar-refractivity contribution in [3.63, 3.8) is 0 Å². The number of nitrogens with zero attached hydrogens (tertiary/aromatic N) is 1. The third-order valence-electron chi connectivity index (χ3n) is 5.25. The van der Waals surface area contributed by atoms with Crippen LogP contribution in [-0.4, -0.2) is 38.6 Å². The number of nitrogens with one attached hydrogen (secondary N) is 2. The molecule has 0 aliphatic carbocycles. The Morgan fingerprint density at radius 3 is 2.42 bits per heavy atom. The molecule has 0 radical (unpaired) electrons. The van der Waals surface area contributed by atoms with Gasteiger partial charge in [0.2, 0.25) is 0 Å². The van der Waals surface area contributed by atoms with Gasteiger partial charge in [-0.3, -0.25) is 4.99 Å². The molecule has 1 aliphatic heterocycles. The summed E-state index contributed by atoms with van der Waals surface area (Å²) in [7, 11) is 1.80. The Hall–Kier alpha value is -1.29. The Morgan fingerprint density at radius 2 is 1.74 bits per heavy atom. The van der Waals surface area contributed by atoms with Crippen molar-refractivity contribution in [2.45, 2.75) is 50.5 Å². The maximum atomic E-state index is 6.00. The Balaban J connectivity index is 0.00000341. The maximum Gasteiger partial charge on any atom is 0.191 e. The molecule has 2 aromatic rings. The second-order valence-corrected chi connectivity index (χ2v) is 8.38. The van der Waals surface area contributed by atoms with Crippen LogP contribution in [0.1, 0.15) is 35.1 Å². The summed E-state index contributed by atoms with van der Waals surface area (Å²) in [5.74, 6) is 0.801. The van der Waals surface area contributed by atoms with Gasteiger partial charge in [-0.25, -0.2) is 0 Å². The van der Waals surface area contributed by atoms with Gasteiger partial charge in [-0.2, -0.15) is 0 Å². The lowest BCUT2D eigenvalue weighted by molar-refractivity contribution is -0.0390. The van der Waals surface area contributed by atoms with Gasteiger partial charge < -0.3 is 20.1 Å². The molecule has 1 aliphatic rings. The van der Waals surface area contributed by atoms with E-state index in [9.17, 15) is 0 Å². The Morgan fingerprint density at radius 1 is 1.06 bits per heavy atom. The molecule has 0 amide bonds. The number of hydrogen-bond acceptors (Lipinski definition) is 4. The highest BCUT2D eigenvalue weighted by Crippen LogP contribution is 2.21. The first-order valence-corrected chi connectivity index (χ1v) is 11.8. The SMILES string of the molecule is CN=C(NCc1ccc(COC2CCOCC2)cc1)NCc1ccc(C)cc1SC.I. The van der Waals surface area contributed by atoms with E-state index in [-0.39, 0.29) is 24.0 Å². The van der Waals surface area contributed by atoms with Gasteiger partial charge in [-0.05, 0) is 54.3 Å². The number of hydrogen-bond donors (Lipinski definition) is 2. The normalized spacial score (nSPS) is 14.7. The average Bonchev–Trinajstić information content (AvgIpc) is 2.80. The summed E-state index contributed by atoms with van der Waals surface area (Å²) in [6.07, 6.45) is 4.43. The van der Waals surface area contributed by atoms with Gasteiger partial charge >= 0.3 is 0 Å². The molecule has 1 saturated heterocycles. The minimum Gasteiger partial charge on any atom is -0.381 e. The number of rotatable bonds is 8. The van der Waals surface area contributed by atoms with Crippen molar-refractivity contribution in [3.05, 3.63) is 64.7 Å². The zero-order valence-corrected chi connectivity index (χ0v) is 21.8. The van der Waals surface area contributed by atoms with Crippen LogP contribution in [0, 0.1) is 6.92 Å². The first kappa shape index (κ1) is 26.0. The van der Waals surface area contributed by atoms with Crippen molar-refractivity contribution < 1.29 is 9.47 Å². The first-order chi connectivity index (χ1) is 14.7. The molecule has 3 rings (SSSR count). The van der Waals surface area contributed by atoms with Gasteiger partial charge in [0.05, 0.1) is 12.7 Å². The van der Waals surface area contributed by atoms with E-state index < -0.39 is 0 Å². The van der Waals surface area contributed by atoms with Gasteiger partial charge in [0.1, 0.15) is 0 Å². The smallest absolute Gasteiger partial charge is 0.191 e. The standard InChI is InChI=1S/C24H33N3O2S.HI/c1-18-4-9-21(23(14-18)30-3)16-27-24(25-2)26-15-19-5-7-20(8-6-19)17-29-22-10-12-28-13-11-22;/h4-9,14,22H,10-13,15-17H2,1-3H3,(H2,25,26,27);1H. The predicted octanol–water partition coefficient (Wildman–Crippen LogP) is 4.90. The third-order valence-corrected chi connectivity index (χ3v) is 6.07. The van der Waals surface area contributed by atoms with Crippen LogP contribution in [0.5, 0.6) is 0 Å². The summed E-state index contributed by atoms with van der Waals surface area (Å²) in [6, 6.07) is 15.1. The molecule has 0 unspecified atom stereocenters. The van der Waals surface area contributed by atoms with Gasteiger partial charge in [0.15, 0.2) is 5.96 Å². The molecule has 0 atom stereocenters. The summed E-state index contributed by atoms with van der Waals surface area (Å²) < 4.78 is 11.4. The quantitative estimate of drug-likeness (QED) is 0.210. The van der Waals surface area contributed by atoms with E-state index in [0.717, 1.165) is 45.1 Å². The van der Waals surface area contributed by atoms with Crippen molar-refractivity contribution in [2.75, 3.05) is 26.5 Å². The summed E-state index contributed by atoms with van der Waals surface area (Å²) >= 11 is 1.78. The molecule has 0 spiro atoms. The summed E-state index contributed by atoms with van der Waals surface area (Å²) in [5, 5.41) is 6.81. The largest absolute Gasteiger partial charge is 0.381 e. The van der Waals surface area contributed by atoms with Crippen LogP contribution in [0.4, 0.5) is 0 Å². The number of halogens is 1. The van der Waals surface area contributed by atoms with E-state index in [2.05, 4.69) is 71.3 Å². The van der Waals surface area contributed by atoms with Gasteiger partial charge in [-0.15, -0.1) is 35.7 Å². The lowest BCUT2D eigenvalue weighted by Gasteiger charge is -2.22. The zero-order valence-electron chi connectivity index (χ0n) is 18.6. The molecule has 0 saturated carbocycles. The lowest BCUT2D eigenvalue weighted by atomic mass is 10.1. The Bertz CT molecular complexity index is 824. The fourth-order valence-corrected chi connectivity index (χ4v) is 4.10. The summed E-state index contributed by atoms with van der Waals surface area (Å²) in [6.45, 7) is 5.89. The van der Waals surface area contributed by atoms with Crippen LogP contribution in [0.2, 0.25) is 0 Å². The molecule has 1 fully saturated rings. The maximum absolute atomic E-state index is 6.00. The summed E-state index contributed by atoms with van der Waals surface area (Å²) in [5.41, 5.74) is 4.99. The number of aryl methyl sites for hydroxylation is 1. The second kappa shape index (κ2) is 14.0. The number of aliphatic imine (C=N–C) groups is 1. The zero-order chi connectivity index (χ0) is 21.2. The average molecular weight is 556 g/mol. The van der Waals surface area contributed by atoms with Crippen molar-refractivity contribution in [1.82, 2.24) is 10.6 Å². The van der Waals surface area contributed by atoms with Crippen LogP contribution >= 0.6 is 35.7 Å². The molecule has 7 heteroatoms. The van der Waals surface area contributed by atoms with Crippen LogP contribution in [0.15, 0.2) is 52.4 Å². The minimum absolute atomic E-state index is 0. The fourth-order valence-electron chi connectivity index (χ4n) is 3.39. The number of thioether (sulfide) groups is 1.